The Kier molecular flexibility index (Phi) is 3.42. The summed E-state index contributed by atoms with van der Waals surface area (Å²) >= 11 is 0. The Morgan fingerprint density at radius 2 is 1.89 bits per heavy atom. The number of carbonyl (C=O) groups excluding carboxylic acids is 2. The second kappa shape index (κ2) is 4.26. The molecule has 0 spiro atoms. The van der Waals surface area contributed by atoms with Crippen LogP contribution in [0, 0.1) is 5.41 Å². The van der Waals surface area contributed by atoms with E-state index in [0.29, 0.717) is 0 Å². The number of carboxylic acid groups (broad SMARTS) is 1. The first-order chi connectivity index (χ1) is 7.97. The number of ketones is 1. The Labute approximate surface area is 106 Å². The van der Waals surface area contributed by atoms with Gasteiger partial charge in [-0.05, 0) is 20.8 Å². The number of likely N-dealkylation sites (tertiary alicyclic amines) is 1. The van der Waals surface area contributed by atoms with Crippen molar-refractivity contribution < 1.29 is 24.2 Å². The summed E-state index contributed by atoms with van der Waals surface area (Å²) in [5, 5.41) is 9.18. The average molecular weight is 257 g/mol. The number of Topliss-reactive ketones (excluding diaryl/α,β-unsaturated/α-hetero) is 1. The van der Waals surface area contributed by atoms with Crippen molar-refractivity contribution in [2.24, 2.45) is 5.41 Å². The van der Waals surface area contributed by atoms with E-state index in [1.165, 1.54) is 13.8 Å². The standard InChI is InChI=1S/C12H19NO5/c1-11(2,3)18-10(17)13-6-7(14)12(4,5)8(13)9(15)16/h8H,6H2,1-5H3,(H,15,16)/t8-/m1/s1. The highest BCUT2D eigenvalue weighted by atomic mass is 16.6. The fourth-order valence-corrected chi connectivity index (χ4v) is 1.92. The average Bonchev–Trinajstić information content (AvgIpc) is 2.35. The van der Waals surface area contributed by atoms with Crippen LogP contribution in [0.1, 0.15) is 34.6 Å². The van der Waals surface area contributed by atoms with Crippen molar-refractivity contribution in [3.8, 4) is 0 Å². The molecular formula is C12H19NO5. The predicted octanol–water partition coefficient (Wildman–Crippen LogP) is 1.29. The van der Waals surface area contributed by atoms with Crippen LogP contribution >= 0.6 is 0 Å². The van der Waals surface area contributed by atoms with Crippen LogP contribution in [0.25, 0.3) is 0 Å². The summed E-state index contributed by atoms with van der Waals surface area (Å²) in [4.78, 5) is 35.9. The molecule has 0 saturated carbocycles. The number of hydrogen-bond acceptors (Lipinski definition) is 4. The van der Waals surface area contributed by atoms with Crippen molar-refractivity contribution in [1.82, 2.24) is 4.90 Å². The van der Waals surface area contributed by atoms with E-state index in [1.807, 2.05) is 0 Å². The van der Waals surface area contributed by atoms with Crippen LogP contribution in [0.4, 0.5) is 4.79 Å². The summed E-state index contributed by atoms with van der Waals surface area (Å²) in [7, 11) is 0. The third-order valence-electron chi connectivity index (χ3n) is 2.89. The van der Waals surface area contributed by atoms with Gasteiger partial charge in [0, 0.05) is 0 Å². The Morgan fingerprint density at radius 3 is 2.28 bits per heavy atom. The Morgan fingerprint density at radius 1 is 1.39 bits per heavy atom. The normalized spacial score (nSPS) is 23.1. The lowest BCUT2D eigenvalue weighted by Crippen LogP contribution is -2.48. The van der Waals surface area contributed by atoms with Crippen molar-refractivity contribution in [3.05, 3.63) is 0 Å². The molecule has 6 nitrogen and oxygen atoms in total. The van der Waals surface area contributed by atoms with E-state index < -0.39 is 29.1 Å². The quantitative estimate of drug-likeness (QED) is 0.765. The minimum Gasteiger partial charge on any atom is -0.480 e. The molecule has 1 amide bonds. The third-order valence-corrected chi connectivity index (χ3v) is 2.89. The summed E-state index contributed by atoms with van der Waals surface area (Å²) in [6, 6.07) is -1.18. The summed E-state index contributed by atoms with van der Waals surface area (Å²) in [6.45, 7) is 7.88. The minimum atomic E-state index is -1.20. The van der Waals surface area contributed by atoms with E-state index in [4.69, 9.17) is 4.74 Å². The van der Waals surface area contributed by atoms with E-state index in [2.05, 4.69) is 0 Å². The molecule has 1 rings (SSSR count). The number of rotatable bonds is 1. The first-order valence-electron chi connectivity index (χ1n) is 5.72. The maximum absolute atomic E-state index is 11.9. The molecule has 1 aliphatic heterocycles. The largest absolute Gasteiger partial charge is 0.480 e. The Bertz CT molecular complexity index is 394. The van der Waals surface area contributed by atoms with Crippen molar-refractivity contribution >= 4 is 17.8 Å². The fraction of sp³-hybridized carbons (Fsp3) is 0.750. The van der Waals surface area contributed by atoms with Gasteiger partial charge in [-0.1, -0.05) is 13.8 Å². The molecule has 102 valence electrons. The highest BCUT2D eigenvalue weighted by Crippen LogP contribution is 2.34. The number of aliphatic carboxylic acids is 1. The molecule has 1 heterocycles. The van der Waals surface area contributed by atoms with Gasteiger partial charge < -0.3 is 9.84 Å². The van der Waals surface area contributed by atoms with Gasteiger partial charge in [-0.25, -0.2) is 9.59 Å². The van der Waals surface area contributed by atoms with Crippen molar-refractivity contribution in [2.75, 3.05) is 6.54 Å². The van der Waals surface area contributed by atoms with Gasteiger partial charge >= 0.3 is 12.1 Å². The molecule has 18 heavy (non-hydrogen) atoms. The zero-order chi connectivity index (χ0) is 14.3. The van der Waals surface area contributed by atoms with Crippen molar-refractivity contribution in [3.63, 3.8) is 0 Å². The molecule has 6 heteroatoms. The maximum Gasteiger partial charge on any atom is 0.411 e. The summed E-state index contributed by atoms with van der Waals surface area (Å²) in [5.74, 6) is -1.47. The van der Waals surface area contributed by atoms with E-state index >= 15 is 0 Å². The van der Waals surface area contributed by atoms with E-state index in [9.17, 15) is 19.5 Å². The van der Waals surface area contributed by atoms with Crippen LogP contribution in [-0.4, -0.2) is 46.0 Å². The SMILES string of the molecule is CC(C)(C)OC(=O)N1CC(=O)C(C)(C)[C@H]1C(=O)O. The molecule has 0 unspecified atom stereocenters. The van der Waals surface area contributed by atoms with Crippen LogP contribution in [0.5, 0.6) is 0 Å². The lowest BCUT2D eigenvalue weighted by molar-refractivity contribution is -0.146. The smallest absolute Gasteiger partial charge is 0.411 e. The zero-order valence-corrected chi connectivity index (χ0v) is 11.3. The molecule has 0 aromatic rings. The van der Waals surface area contributed by atoms with E-state index in [-0.39, 0.29) is 12.3 Å². The summed E-state index contributed by atoms with van der Waals surface area (Å²) in [6.07, 6.45) is -0.770. The van der Waals surface area contributed by atoms with Crippen molar-refractivity contribution in [1.29, 1.82) is 0 Å². The third kappa shape index (κ3) is 2.63. The van der Waals surface area contributed by atoms with E-state index in [1.54, 1.807) is 20.8 Å². The molecule has 0 aliphatic carbocycles. The molecule has 0 aromatic heterocycles. The first kappa shape index (κ1) is 14.5. The molecule has 1 atom stereocenters. The highest BCUT2D eigenvalue weighted by Gasteiger charge is 2.54. The number of hydrogen-bond donors (Lipinski definition) is 1. The number of ether oxygens (including phenoxy) is 1. The highest BCUT2D eigenvalue weighted by molar-refractivity contribution is 5.99. The number of amides is 1. The molecule has 0 bridgehead atoms. The van der Waals surface area contributed by atoms with Crippen LogP contribution < -0.4 is 0 Å². The topological polar surface area (TPSA) is 83.9 Å². The Balaban J connectivity index is 2.99. The monoisotopic (exact) mass is 257 g/mol. The van der Waals surface area contributed by atoms with Gasteiger partial charge in [-0.3, -0.25) is 9.69 Å². The fourth-order valence-electron chi connectivity index (χ4n) is 1.92. The van der Waals surface area contributed by atoms with Crippen LogP contribution in [0.3, 0.4) is 0 Å². The minimum absolute atomic E-state index is 0.223. The number of carbonyl (C=O) groups is 3. The lowest BCUT2D eigenvalue weighted by atomic mass is 9.84. The predicted molar refractivity (Wildman–Crippen MR) is 63.2 cm³/mol. The van der Waals surface area contributed by atoms with Gasteiger partial charge in [-0.15, -0.1) is 0 Å². The zero-order valence-electron chi connectivity index (χ0n) is 11.3. The summed E-state index contributed by atoms with van der Waals surface area (Å²) in [5.41, 5.74) is -1.82. The molecule has 0 radical (unpaired) electrons. The second-order valence-corrected chi connectivity index (χ2v) is 5.99. The van der Waals surface area contributed by atoms with Crippen molar-refractivity contribution in [2.45, 2.75) is 46.3 Å². The van der Waals surface area contributed by atoms with Gasteiger partial charge in [0.05, 0.1) is 12.0 Å². The summed E-state index contributed by atoms with van der Waals surface area (Å²) < 4.78 is 5.12. The maximum atomic E-state index is 11.9. The van der Waals surface area contributed by atoms with Crippen LogP contribution in [0.2, 0.25) is 0 Å². The molecule has 1 aliphatic rings. The number of carboxylic acids is 1. The molecule has 1 fully saturated rings. The molecule has 1 saturated heterocycles. The number of nitrogens with zero attached hydrogens (tertiary/aromatic N) is 1. The van der Waals surface area contributed by atoms with Gasteiger partial charge in [-0.2, -0.15) is 0 Å². The van der Waals surface area contributed by atoms with Gasteiger partial charge in [0.2, 0.25) is 0 Å². The van der Waals surface area contributed by atoms with E-state index in [0.717, 1.165) is 4.90 Å². The van der Waals surface area contributed by atoms with Crippen LogP contribution in [0.15, 0.2) is 0 Å². The van der Waals surface area contributed by atoms with Crippen LogP contribution in [-0.2, 0) is 14.3 Å². The lowest BCUT2D eigenvalue weighted by Gasteiger charge is -2.29. The first-order valence-corrected chi connectivity index (χ1v) is 5.72. The molecular weight excluding hydrogens is 238 g/mol. The molecule has 0 aromatic carbocycles. The second-order valence-electron chi connectivity index (χ2n) is 5.99. The van der Waals surface area contributed by atoms with Gasteiger partial charge in [0.1, 0.15) is 11.6 Å². The Hall–Kier alpha value is -1.59. The van der Waals surface area contributed by atoms with Gasteiger partial charge in [0.25, 0.3) is 0 Å². The van der Waals surface area contributed by atoms with Gasteiger partial charge in [0.15, 0.2) is 5.78 Å². The molecule has 1 N–H and O–H groups in total.